The minimum absolute atomic E-state index is 0.263. The second-order valence-corrected chi connectivity index (χ2v) is 7.81. The Morgan fingerprint density at radius 1 is 1.00 bits per heavy atom. The number of nitrogens with one attached hydrogen (secondary N) is 1. The van der Waals surface area contributed by atoms with Gasteiger partial charge in [-0.05, 0) is 60.1 Å². The molecule has 1 aliphatic carbocycles. The molecule has 0 amide bonds. The average Bonchev–Trinajstić information content (AvgIpc) is 2.94. The molecule has 0 radical (unpaired) electrons. The fourth-order valence-electron chi connectivity index (χ4n) is 3.01. The van der Waals surface area contributed by atoms with Crippen LogP contribution in [0.15, 0.2) is 47.4 Å². The Bertz CT molecular complexity index is 794. The van der Waals surface area contributed by atoms with Gasteiger partial charge in [0.1, 0.15) is 0 Å². The first kappa shape index (κ1) is 15.1. The van der Waals surface area contributed by atoms with Crippen molar-refractivity contribution in [3.63, 3.8) is 0 Å². The number of benzene rings is 2. The molecular formula is C18H21NO2S. The standard InChI is InChI=1S/C18H21NO2S/c1-13(2)17-8-3-4-9-18(17)19-22(20,21)16-11-10-14-6-5-7-15(14)12-16/h3-4,8-13,19H,5-7H2,1-2H3. The maximum absolute atomic E-state index is 12.7. The molecule has 0 heterocycles. The lowest BCUT2D eigenvalue weighted by Gasteiger charge is -2.15. The minimum atomic E-state index is -3.54. The highest BCUT2D eigenvalue weighted by atomic mass is 32.2. The van der Waals surface area contributed by atoms with Gasteiger partial charge in [-0.2, -0.15) is 0 Å². The second kappa shape index (κ2) is 5.76. The average molecular weight is 315 g/mol. The van der Waals surface area contributed by atoms with E-state index in [4.69, 9.17) is 0 Å². The third-order valence-corrected chi connectivity index (χ3v) is 5.57. The van der Waals surface area contributed by atoms with Crippen LogP contribution < -0.4 is 4.72 Å². The molecule has 116 valence electrons. The van der Waals surface area contributed by atoms with Crippen molar-refractivity contribution in [1.29, 1.82) is 0 Å². The molecule has 0 saturated carbocycles. The van der Waals surface area contributed by atoms with Crippen LogP contribution in [0.3, 0.4) is 0 Å². The van der Waals surface area contributed by atoms with Gasteiger partial charge in [-0.25, -0.2) is 8.42 Å². The summed E-state index contributed by atoms with van der Waals surface area (Å²) in [7, 11) is -3.54. The van der Waals surface area contributed by atoms with E-state index >= 15 is 0 Å². The third-order valence-electron chi connectivity index (χ3n) is 4.21. The zero-order valence-corrected chi connectivity index (χ0v) is 13.8. The first-order chi connectivity index (χ1) is 10.5. The van der Waals surface area contributed by atoms with Crippen LogP contribution in [0.5, 0.6) is 0 Å². The van der Waals surface area contributed by atoms with E-state index < -0.39 is 10.0 Å². The Labute approximate surface area is 132 Å². The summed E-state index contributed by atoms with van der Waals surface area (Å²) in [6.07, 6.45) is 3.14. The predicted octanol–water partition coefficient (Wildman–Crippen LogP) is 4.10. The van der Waals surface area contributed by atoms with E-state index in [1.54, 1.807) is 6.07 Å². The molecule has 4 heteroatoms. The molecule has 2 aromatic carbocycles. The Kier molecular flexibility index (Phi) is 3.96. The van der Waals surface area contributed by atoms with Gasteiger partial charge in [0.2, 0.25) is 0 Å². The molecule has 1 N–H and O–H groups in total. The molecular weight excluding hydrogens is 294 g/mol. The smallest absolute Gasteiger partial charge is 0.261 e. The van der Waals surface area contributed by atoms with Crippen molar-refractivity contribution in [1.82, 2.24) is 0 Å². The van der Waals surface area contributed by atoms with Gasteiger partial charge in [0.25, 0.3) is 10.0 Å². The summed E-state index contributed by atoms with van der Waals surface area (Å²) in [5, 5.41) is 0. The van der Waals surface area contributed by atoms with Crippen molar-refractivity contribution in [3.8, 4) is 0 Å². The first-order valence-electron chi connectivity index (χ1n) is 7.71. The summed E-state index contributed by atoms with van der Waals surface area (Å²) >= 11 is 0. The zero-order valence-electron chi connectivity index (χ0n) is 13.0. The highest BCUT2D eigenvalue weighted by Crippen LogP contribution is 2.28. The van der Waals surface area contributed by atoms with E-state index in [-0.39, 0.29) is 5.92 Å². The summed E-state index contributed by atoms with van der Waals surface area (Å²) in [5.74, 6) is 0.263. The number of rotatable bonds is 4. The van der Waals surface area contributed by atoms with Crippen LogP contribution in [0.1, 0.15) is 42.9 Å². The van der Waals surface area contributed by atoms with Gasteiger partial charge in [0.15, 0.2) is 0 Å². The van der Waals surface area contributed by atoms with Crippen LogP contribution in [0.2, 0.25) is 0 Å². The lowest BCUT2D eigenvalue weighted by Crippen LogP contribution is -2.15. The molecule has 3 rings (SSSR count). The fraction of sp³-hybridized carbons (Fsp3) is 0.333. The van der Waals surface area contributed by atoms with E-state index in [1.165, 1.54) is 11.1 Å². The summed E-state index contributed by atoms with van der Waals surface area (Å²) in [4.78, 5) is 0.353. The van der Waals surface area contributed by atoms with E-state index in [9.17, 15) is 8.42 Å². The summed E-state index contributed by atoms with van der Waals surface area (Å²) < 4.78 is 28.1. The molecule has 0 aliphatic heterocycles. The molecule has 22 heavy (non-hydrogen) atoms. The Balaban J connectivity index is 1.94. The lowest BCUT2D eigenvalue weighted by atomic mass is 10.0. The van der Waals surface area contributed by atoms with Gasteiger partial charge < -0.3 is 0 Å². The van der Waals surface area contributed by atoms with E-state index in [2.05, 4.69) is 18.6 Å². The normalized spacial score (nSPS) is 14.1. The highest BCUT2D eigenvalue weighted by Gasteiger charge is 2.19. The summed E-state index contributed by atoms with van der Waals surface area (Å²) in [5.41, 5.74) is 4.12. The quantitative estimate of drug-likeness (QED) is 0.923. The largest absolute Gasteiger partial charge is 0.279 e. The third kappa shape index (κ3) is 2.88. The number of hydrogen-bond acceptors (Lipinski definition) is 2. The number of hydrogen-bond donors (Lipinski definition) is 1. The fourth-order valence-corrected chi connectivity index (χ4v) is 4.15. The molecule has 0 aromatic heterocycles. The Morgan fingerprint density at radius 3 is 2.50 bits per heavy atom. The SMILES string of the molecule is CC(C)c1ccccc1NS(=O)(=O)c1ccc2c(c1)CCC2. The van der Waals surface area contributed by atoms with Crippen molar-refractivity contribution in [2.45, 2.75) is 43.9 Å². The maximum Gasteiger partial charge on any atom is 0.261 e. The lowest BCUT2D eigenvalue weighted by molar-refractivity contribution is 0.601. The molecule has 0 saturated heterocycles. The van der Waals surface area contributed by atoms with Crippen LogP contribution >= 0.6 is 0 Å². The number of anilines is 1. The monoisotopic (exact) mass is 315 g/mol. The van der Waals surface area contributed by atoms with Gasteiger partial charge in [0, 0.05) is 0 Å². The van der Waals surface area contributed by atoms with Gasteiger partial charge in [-0.15, -0.1) is 0 Å². The summed E-state index contributed by atoms with van der Waals surface area (Å²) in [6.45, 7) is 4.12. The van der Waals surface area contributed by atoms with Crippen LogP contribution in [0.4, 0.5) is 5.69 Å². The van der Waals surface area contributed by atoms with E-state index in [0.29, 0.717) is 10.6 Å². The van der Waals surface area contributed by atoms with Gasteiger partial charge >= 0.3 is 0 Å². The van der Waals surface area contributed by atoms with Crippen molar-refractivity contribution >= 4 is 15.7 Å². The molecule has 0 bridgehead atoms. The number of para-hydroxylation sites is 1. The van der Waals surface area contributed by atoms with Crippen LogP contribution in [-0.2, 0) is 22.9 Å². The van der Waals surface area contributed by atoms with Crippen LogP contribution in [0.25, 0.3) is 0 Å². The second-order valence-electron chi connectivity index (χ2n) is 6.13. The minimum Gasteiger partial charge on any atom is -0.279 e. The molecule has 3 nitrogen and oxygen atoms in total. The number of fused-ring (bicyclic) bond motifs is 1. The summed E-state index contributed by atoms with van der Waals surface area (Å²) in [6, 6.07) is 13.1. The van der Waals surface area contributed by atoms with Gasteiger partial charge in [0.05, 0.1) is 10.6 Å². The molecule has 1 aliphatic rings. The number of aryl methyl sites for hydroxylation is 2. The van der Waals surface area contributed by atoms with Gasteiger partial charge in [-0.1, -0.05) is 38.1 Å². The Hall–Kier alpha value is -1.81. The highest BCUT2D eigenvalue weighted by molar-refractivity contribution is 7.92. The predicted molar refractivity (Wildman–Crippen MR) is 89.8 cm³/mol. The van der Waals surface area contributed by atoms with Crippen LogP contribution in [-0.4, -0.2) is 8.42 Å². The maximum atomic E-state index is 12.7. The van der Waals surface area contributed by atoms with Crippen molar-refractivity contribution in [2.75, 3.05) is 4.72 Å². The van der Waals surface area contributed by atoms with Crippen molar-refractivity contribution < 1.29 is 8.42 Å². The Morgan fingerprint density at radius 2 is 1.73 bits per heavy atom. The molecule has 2 aromatic rings. The van der Waals surface area contributed by atoms with Crippen LogP contribution in [0, 0.1) is 0 Å². The molecule has 0 spiro atoms. The molecule has 0 atom stereocenters. The topological polar surface area (TPSA) is 46.2 Å². The van der Waals surface area contributed by atoms with E-state index in [0.717, 1.165) is 24.8 Å². The molecule has 0 unspecified atom stereocenters. The van der Waals surface area contributed by atoms with Crippen molar-refractivity contribution in [3.05, 3.63) is 59.2 Å². The van der Waals surface area contributed by atoms with Gasteiger partial charge in [-0.3, -0.25) is 4.72 Å². The number of sulfonamides is 1. The van der Waals surface area contributed by atoms with E-state index in [1.807, 2.05) is 36.4 Å². The molecule has 0 fully saturated rings. The first-order valence-corrected chi connectivity index (χ1v) is 9.19. The zero-order chi connectivity index (χ0) is 15.7. The van der Waals surface area contributed by atoms with Crippen molar-refractivity contribution in [2.24, 2.45) is 0 Å².